The summed E-state index contributed by atoms with van der Waals surface area (Å²) in [7, 11) is 1.47. The molecule has 1 heterocycles. The Labute approximate surface area is 98.9 Å². The lowest BCUT2D eigenvalue weighted by atomic mass is 10.4. The van der Waals surface area contributed by atoms with E-state index in [2.05, 4.69) is 14.7 Å². The third-order valence-corrected chi connectivity index (χ3v) is 2.58. The molecule has 4 nitrogen and oxygen atoms in total. The van der Waals surface area contributed by atoms with Gasteiger partial charge in [0.15, 0.2) is 0 Å². The van der Waals surface area contributed by atoms with Gasteiger partial charge in [0.1, 0.15) is 0 Å². The highest BCUT2D eigenvalue weighted by Gasteiger charge is 2.36. The van der Waals surface area contributed by atoms with Gasteiger partial charge >= 0.3 is 6.18 Å². The Morgan fingerprint density at radius 2 is 2.25 bits per heavy atom. The van der Waals surface area contributed by atoms with Crippen LogP contribution in [-0.2, 0) is 10.9 Å². The van der Waals surface area contributed by atoms with Crippen molar-refractivity contribution in [2.24, 2.45) is 0 Å². The molecule has 0 aliphatic carbocycles. The molecule has 0 bridgehead atoms. The van der Waals surface area contributed by atoms with Crippen molar-refractivity contribution in [2.45, 2.75) is 12.2 Å². The zero-order chi connectivity index (χ0) is 12.2. The predicted octanol–water partition coefficient (Wildman–Crippen LogP) is 2.22. The first-order chi connectivity index (χ1) is 7.47. The maximum Gasteiger partial charge on any atom is 0.452 e. The summed E-state index contributed by atoms with van der Waals surface area (Å²) >= 11 is 6.22. The van der Waals surface area contributed by atoms with Crippen LogP contribution >= 0.6 is 23.1 Å². The summed E-state index contributed by atoms with van der Waals surface area (Å²) in [4.78, 5) is 3.31. The lowest BCUT2D eigenvalue weighted by molar-refractivity contribution is -0.144. The van der Waals surface area contributed by atoms with Gasteiger partial charge < -0.3 is 10.1 Å². The fourth-order valence-corrected chi connectivity index (χ4v) is 1.73. The maximum absolute atomic E-state index is 12.2. The molecule has 1 unspecified atom stereocenters. The van der Waals surface area contributed by atoms with Gasteiger partial charge in [0.05, 0.1) is 12.6 Å². The van der Waals surface area contributed by atoms with Crippen LogP contribution in [0.15, 0.2) is 0 Å². The Hall–Kier alpha value is -0.600. The van der Waals surface area contributed by atoms with E-state index in [4.69, 9.17) is 16.3 Å². The van der Waals surface area contributed by atoms with Crippen LogP contribution in [-0.4, -0.2) is 35.0 Å². The van der Waals surface area contributed by atoms with E-state index in [0.29, 0.717) is 11.5 Å². The molecule has 1 rings (SSSR count). The quantitative estimate of drug-likeness (QED) is 0.837. The van der Waals surface area contributed by atoms with Crippen LogP contribution < -0.4 is 5.32 Å². The van der Waals surface area contributed by atoms with Gasteiger partial charge in [-0.25, -0.2) is 0 Å². The zero-order valence-electron chi connectivity index (χ0n) is 8.21. The SMILES string of the molecule is COCC(CCl)Nc1nc(C(F)(F)F)ns1. The number of hydrogen-bond acceptors (Lipinski definition) is 5. The fourth-order valence-electron chi connectivity index (χ4n) is 0.898. The molecule has 0 spiro atoms. The van der Waals surface area contributed by atoms with Crippen LogP contribution in [0.5, 0.6) is 0 Å². The Bertz CT molecular complexity index is 333. The summed E-state index contributed by atoms with van der Waals surface area (Å²) in [6.45, 7) is 0.282. The number of aromatic nitrogens is 2. The average molecular weight is 276 g/mol. The first kappa shape index (κ1) is 13.5. The average Bonchev–Trinajstić information content (AvgIpc) is 2.65. The smallest absolute Gasteiger partial charge is 0.383 e. The van der Waals surface area contributed by atoms with Gasteiger partial charge in [-0.15, -0.1) is 11.6 Å². The van der Waals surface area contributed by atoms with E-state index in [1.54, 1.807) is 0 Å². The number of anilines is 1. The number of ether oxygens (including phenoxy) is 1. The van der Waals surface area contributed by atoms with Gasteiger partial charge in [0.2, 0.25) is 11.0 Å². The summed E-state index contributed by atoms with van der Waals surface area (Å²) in [5.74, 6) is -0.944. The largest absolute Gasteiger partial charge is 0.452 e. The summed E-state index contributed by atoms with van der Waals surface area (Å²) in [6.07, 6.45) is -4.52. The van der Waals surface area contributed by atoms with Gasteiger partial charge in [-0.3, -0.25) is 0 Å². The molecule has 9 heteroatoms. The molecule has 1 aromatic heterocycles. The van der Waals surface area contributed by atoms with Crippen molar-refractivity contribution in [1.82, 2.24) is 9.36 Å². The first-order valence-electron chi connectivity index (χ1n) is 4.19. The number of nitrogens with zero attached hydrogens (tertiary/aromatic N) is 2. The van der Waals surface area contributed by atoms with Crippen LogP contribution in [0.4, 0.5) is 18.3 Å². The third-order valence-electron chi connectivity index (χ3n) is 1.56. The van der Waals surface area contributed by atoms with Gasteiger partial charge in [-0.1, -0.05) is 0 Å². The second-order valence-electron chi connectivity index (χ2n) is 2.87. The summed E-state index contributed by atoms with van der Waals surface area (Å²) < 4.78 is 44.5. The van der Waals surface area contributed by atoms with Crippen molar-refractivity contribution in [1.29, 1.82) is 0 Å². The minimum atomic E-state index is -4.52. The second-order valence-corrected chi connectivity index (χ2v) is 3.93. The monoisotopic (exact) mass is 275 g/mol. The maximum atomic E-state index is 12.2. The van der Waals surface area contributed by atoms with Gasteiger partial charge in [0.25, 0.3) is 0 Å². The van der Waals surface area contributed by atoms with Crippen LogP contribution in [0.1, 0.15) is 5.82 Å². The molecule has 1 N–H and O–H groups in total. The highest BCUT2D eigenvalue weighted by atomic mass is 35.5. The number of nitrogens with one attached hydrogen (secondary N) is 1. The first-order valence-corrected chi connectivity index (χ1v) is 5.50. The van der Waals surface area contributed by atoms with E-state index in [1.165, 1.54) is 7.11 Å². The normalized spacial score (nSPS) is 13.8. The van der Waals surface area contributed by atoms with Crippen LogP contribution in [0.3, 0.4) is 0 Å². The van der Waals surface area contributed by atoms with E-state index >= 15 is 0 Å². The van der Waals surface area contributed by atoms with Crippen molar-refractivity contribution in [3.63, 3.8) is 0 Å². The lowest BCUT2D eigenvalue weighted by Gasteiger charge is -2.12. The molecule has 1 atom stereocenters. The Morgan fingerprint density at radius 1 is 1.56 bits per heavy atom. The van der Waals surface area contributed by atoms with Crippen LogP contribution in [0.25, 0.3) is 0 Å². The van der Waals surface area contributed by atoms with E-state index in [1.807, 2.05) is 0 Å². The molecular formula is C7H9ClF3N3OS. The van der Waals surface area contributed by atoms with Crippen LogP contribution in [0.2, 0.25) is 0 Å². The molecule has 0 aliphatic heterocycles. The van der Waals surface area contributed by atoms with Gasteiger partial charge in [-0.05, 0) is 0 Å². The van der Waals surface area contributed by atoms with Crippen molar-refractivity contribution in [3.8, 4) is 0 Å². The summed E-state index contributed by atoms with van der Waals surface area (Å²) in [5, 5.41) is 2.79. The number of halogens is 4. The molecule has 92 valence electrons. The minimum absolute atomic E-state index is 0.0787. The summed E-state index contributed by atoms with van der Waals surface area (Å²) in [5.41, 5.74) is 0. The highest BCUT2D eigenvalue weighted by molar-refractivity contribution is 7.09. The second kappa shape index (κ2) is 5.65. The highest BCUT2D eigenvalue weighted by Crippen LogP contribution is 2.29. The standard InChI is InChI=1S/C7H9ClF3N3OS/c1-15-3-4(2-8)12-6-13-5(14-16-6)7(9,10)11/h4H,2-3H2,1H3,(H,12,13,14). The Morgan fingerprint density at radius 3 is 2.69 bits per heavy atom. The third kappa shape index (κ3) is 3.76. The minimum Gasteiger partial charge on any atom is -0.383 e. The number of methoxy groups -OCH3 is 1. The van der Waals surface area contributed by atoms with Gasteiger partial charge in [0, 0.05) is 24.5 Å². The topological polar surface area (TPSA) is 47.0 Å². The van der Waals surface area contributed by atoms with Crippen molar-refractivity contribution < 1.29 is 17.9 Å². The zero-order valence-corrected chi connectivity index (χ0v) is 9.79. The van der Waals surface area contributed by atoms with Gasteiger partial charge in [-0.2, -0.15) is 22.5 Å². The van der Waals surface area contributed by atoms with Crippen molar-refractivity contribution >= 4 is 28.3 Å². The van der Waals surface area contributed by atoms with E-state index in [9.17, 15) is 13.2 Å². The number of hydrogen-bond donors (Lipinski definition) is 1. The van der Waals surface area contributed by atoms with E-state index in [-0.39, 0.29) is 23.7 Å². The molecule has 0 aliphatic rings. The molecule has 0 saturated heterocycles. The molecule has 0 radical (unpaired) electrons. The summed E-state index contributed by atoms with van der Waals surface area (Å²) in [6, 6.07) is -0.291. The number of rotatable bonds is 5. The predicted molar refractivity (Wildman–Crippen MR) is 54.9 cm³/mol. The van der Waals surface area contributed by atoms with Crippen molar-refractivity contribution in [3.05, 3.63) is 5.82 Å². The van der Waals surface area contributed by atoms with E-state index in [0.717, 1.165) is 0 Å². The molecule has 0 saturated carbocycles. The Kier molecular flexibility index (Phi) is 4.75. The molecule has 0 amide bonds. The molecule has 0 aromatic carbocycles. The molecular weight excluding hydrogens is 267 g/mol. The molecule has 16 heavy (non-hydrogen) atoms. The number of alkyl halides is 4. The fraction of sp³-hybridized carbons (Fsp3) is 0.714. The Balaban J connectivity index is 2.64. The van der Waals surface area contributed by atoms with E-state index < -0.39 is 12.0 Å². The molecule has 1 aromatic rings. The molecule has 0 fully saturated rings. The van der Waals surface area contributed by atoms with Crippen molar-refractivity contribution in [2.75, 3.05) is 24.9 Å². The van der Waals surface area contributed by atoms with Crippen LogP contribution in [0, 0.1) is 0 Å². The lowest BCUT2D eigenvalue weighted by Crippen LogP contribution is -2.26.